The molecule has 2 rings (SSSR count). The van der Waals surface area contributed by atoms with Crippen molar-refractivity contribution < 1.29 is 0 Å². The van der Waals surface area contributed by atoms with Crippen molar-refractivity contribution in [3.8, 4) is 0 Å². The molecule has 0 aliphatic heterocycles. The number of aryl methyl sites for hydroxylation is 2. The van der Waals surface area contributed by atoms with Crippen LogP contribution in [0.2, 0.25) is 0 Å². The number of fused-ring (bicyclic) bond motifs is 1. The fourth-order valence-corrected chi connectivity index (χ4v) is 2.29. The van der Waals surface area contributed by atoms with E-state index in [0.717, 1.165) is 37.1 Å². The van der Waals surface area contributed by atoms with Crippen molar-refractivity contribution >= 4 is 35.8 Å². The van der Waals surface area contributed by atoms with Gasteiger partial charge in [-0.05, 0) is 44.3 Å². The lowest BCUT2D eigenvalue weighted by atomic mass is 10.2. The quantitative estimate of drug-likeness (QED) is 0.785. The smallest absolute Gasteiger partial charge is 0.320 e. The summed E-state index contributed by atoms with van der Waals surface area (Å²) in [6.45, 7) is 2.86. The zero-order valence-electron chi connectivity index (χ0n) is 12.7. The highest BCUT2D eigenvalue weighted by Gasteiger charge is 2.07. The first kappa shape index (κ1) is 20.0. The zero-order chi connectivity index (χ0) is 13.8. The topological polar surface area (TPSA) is 51.0 Å². The van der Waals surface area contributed by atoms with Crippen LogP contribution >= 0.6 is 24.8 Å². The van der Waals surface area contributed by atoms with Gasteiger partial charge in [-0.3, -0.25) is 9.13 Å². The SMILES string of the molecule is CNCCCNCc1ccc2c(c1)n(C)c(=O)n2C.Cl.Cl. The second kappa shape index (κ2) is 9.10. The normalized spacial score (nSPS) is 10.2. The Kier molecular flexibility index (Phi) is 8.66. The molecule has 2 aromatic rings. The van der Waals surface area contributed by atoms with Crippen LogP contribution in [0.3, 0.4) is 0 Å². The van der Waals surface area contributed by atoms with Gasteiger partial charge in [0.2, 0.25) is 0 Å². The molecule has 21 heavy (non-hydrogen) atoms. The van der Waals surface area contributed by atoms with Gasteiger partial charge in [-0.15, -0.1) is 24.8 Å². The van der Waals surface area contributed by atoms with Gasteiger partial charge in [-0.2, -0.15) is 0 Å². The molecule has 2 N–H and O–H groups in total. The minimum atomic E-state index is 0. The standard InChI is InChI=1S/C14H22N4O.2ClH/c1-15-7-4-8-16-10-11-5-6-12-13(9-11)18(3)14(19)17(12)2;;/h5-6,9,15-16H,4,7-8,10H2,1-3H3;2*1H. The van der Waals surface area contributed by atoms with Gasteiger partial charge >= 0.3 is 5.69 Å². The van der Waals surface area contributed by atoms with Gasteiger partial charge in [0.25, 0.3) is 0 Å². The van der Waals surface area contributed by atoms with Crippen molar-refractivity contribution in [1.29, 1.82) is 0 Å². The van der Waals surface area contributed by atoms with Gasteiger partial charge in [0.05, 0.1) is 11.0 Å². The third-order valence-corrected chi connectivity index (χ3v) is 3.45. The number of benzene rings is 1. The van der Waals surface area contributed by atoms with Crippen LogP contribution in [0.4, 0.5) is 0 Å². The van der Waals surface area contributed by atoms with E-state index in [9.17, 15) is 4.79 Å². The van der Waals surface area contributed by atoms with Gasteiger partial charge in [-0.1, -0.05) is 6.07 Å². The molecule has 0 saturated heterocycles. The highest BCUT2D eigenvalue weighted by atomic mass is 35.5. The first-order chi connectivity index (χ1) is 9.15. The van der Waals surface area contributed by atoms with Gasteiger partial charge in [0.15, 0.2) is 0 Å². The van der Waals surface area contributed by atoms with Crippen LogP contribution in [-0.2, 0) is 20.6 Å². The Hall–Kier alpha value is -1.01. The molecule has 1 heterocycles. The van der Waals surface area contributed by atoms with Gasteiger partial charge in [-0.25, -0.2) is 4.79 Å². The van der Waals surface area contributed by atoms with Crippen molar-refractivity contribution in [2.45, 2.75) is 13.0 Å². The number of nitrogens with zero attached hydrogens (tertiary/aromatic N) is 2. The van der Waals surface area contributed by atoms with Gasteiger partial charge in [0.1, 0.15) is 0 Å². The van der Waals surface area contributed by atoms with Gasteiger partial charge in [0, 0.05) is 20.6 Å². The Morgan fingerprint density at radius 2 is 1.71 bits per heavy atom. The van der Waals surface area contributed by atoms with E-state index in [1.807, 2.05) is 20.2 Å². The largest absolute Gasteiger partial charge is 0.328 e. The highest BCUT2D eigenvalue weighted by Crippen LogP contribution is 2.13. The fourth-order valence-electron chi connectivity index (χ4n) is 2.29. The number of rotatable bonds is 6. The van der Waals surface area contributed by atoms with Crippen molar-refractivity contribution in [3.05, 3.63) is 34.2 Å². The van der Waals surface area contributed by atoms with Crippen molar-refractivity contribution in [1.82, 2.24) is 19.8 Å². The minimum absolute atomic E-state index is 0. The molecule has 0 fully saturated rings. The molecule has 0 spiro atoms. The van der Waals surface area contributed by atoms with E-state index in [1.165, 1.54) is 5.56 Å². The van der Waals surface area contributed by atoms with E-state index < -0.39 is 0 Å². The molecule has 0 unspecified atom stereocenters. The van der Waals surface area contributed by atoms with Crippen LogP contribution < -0.4 is 16.3 Å². The summed E-state index contributed by atoms with van der Waals surface area (Å²) in [5, 5.41) is 6.53. The molecule has 0 saturated carbocycles. The van der Waals surface area contributed by atoms with Crippen LogP contribution in [0.15, 0.2) is 23.0 Å². The summed E-state index contributed by atoms with van der Waals surface area (Å²) in [5.74, 6) is 0. The molecule has 7 heteroatoms. The Morgan fingerprint density at radius 3 is 2.38 bits per heavy atom. The van der Waals surface area contributed by atoms with E-state index in [2.05, 4.69) is 22.8 Å². The Morgan fingerprint density at radius 1 is 1.05 bits per heavy atom. The number of aromatic nitrogens is 2. The second-order valence-corrected chi connectivity index (χ2v) is 4.86. The lowest BCUT2D eigenvalue weighted by Gasteiger charge is -2.05. The maximum atomic E-state index is 11.8. The zero-order valence-corrected chi connectivity index (χ0v) is 14.3. The summed E-state index contributed by atoms with van der Waals surface area (Å²) in [5.41, 5.74) is 3.20. The molecule has 5 nitrogen and oxygen atoms in total. The molecule has 120 valence electrons. The number of hydrogen-bond donors (Lipinski definition) is 2. The summed E-state index contributed by atoms with van der Waals surface area (Å²) in [6.07, 6.45) is 1.11. The molecule has 1 aromatic heterocycles. The molecule has 0 bridgehead atoms. The Balaban J connectivity index is 0.00000200. The summed E-state index contributed by atoms with van der Waals surface area (Å²) in [7, 11) is 5.58. The van der Waals surface area contributed by atoms with Crippen LogP contribution in [-0.4, -0.2) is 29.3 Å². The first-order valence-corrected chi connectivity index (χ1v) is 6.65. The van der Waals surface area contributed by atoms with E-state index in [0.29, 0.717) is 0 Å². The monoisotopic (exact) mass is 334 g/mol. The van der Waals surface area contributed by atoms with E-state index >= 15 is 0 Å². The molecule has 1 aromatic carbocycles. The van der Waals surface area contributed by atoms with Crippen LogP contribution in [0.1, 0.15) is 12.0 Å². The summed E-state index contributed by atoms with van der Waals surface area (Å²) >= 11 is 0. The predicted molar refractivity (Wildman–Crippen MR) is 92.9 cm³/mol. The highest BCUT2D eigenvalue weighted by molar-refractivity contribution is 5.85. The van der Waals surface area contributed by atoms with Crippen molar-refractivity contribution in [3.63, 3.8) is 0 Å². The van der Waals surface area contributed by atoms with E-state index in [1.54, 1.807) is 16.2 Å². The molecular formula is C14H24Cl2N4O. The van der Waals surface area contributed by atoms with Crippen molar-refractivity contribution in [2.75, 3.05) is 20.1 Å². The Labute approximate surface area is 137 Å². The lowest BCUT2D eigenvalue weighted by Crippen LogP contribution is -2.19. The first-order valence-electron chi connectivity index (χ1n) is 6.65. The summed E-state index contributed by atoms with van der Waals surface area (Å²) < 4.78 is 3.37. The molecular weight excluding hydrogens is 311 g/mol. The number of imidazole rings is 1. The van der Waals surface area contributed by atoms with Crippen LogP contribution in [0, 0.1) is 0 Å². The summed E-state index contributed by atoms with van der Waals surface area (Å²) in [6, 6.07) is 6.18. The lowest BCUT2D eigenvalue weighted by molar-refractivity contribution is 0.625. The third kappa shape index (κ3) is 4.48. The van der Waals surface area contributed by atoms with E-state index in [4.69, 9.17) is 0 Å². The molecule has 0 aliphatic rings. The number of halogens is 2. The van der Waals surface area contributed by atoms with Crippen molar-refractivity contribution in [2.24, 2.45) is 14.1 Å². The molecule has 0 atom stereocenters. The average Bonchev–Trinajstić information content (AvgIpc) is 2.64. The average molecular weight is 335 g/mol. The molecule has 0 aliphatic carbocycles. The Bertz CT molecular complexity index is 621. The van der Waals surface area contributed by atoms with Crippen LogP contribution in [0.25, 0.3) is 11.0 Å². The third-order valence-electron chi connectivity index (χ3n) is 3.45. The van der Waals surface area contributed by atoms with E-state index in [-0.39, 0.29) is 30.5 Å². The molecule has 0 amide bonds. The summed E-state index contributed by atoms with van der Waals surface area (Å²) in [4.78, 5) is 11.8. The maximum absolute atomic E-state index is 11.8. The molecule has 0 radical (unpaired) electrons. The maximum Gasteiger partial charge on any atom is 0.328 e. The number of hydrogen-bond acceptors (Lipinski definition) is 3. The van der Waals surface area contributed by atoms with Gasteiger partial charge < -0.3 is 10.6 Å². The fraction of sp³-hybridized carbons (Fsp3) is 0.500. The predicted octanol–water partition coefficient (Wildman–Crippen LogP) is 1.42. The second-order valence-electron chi connectivity index (χ2n) is 4.86. The number of nitrogens with one attached hydrogen (secondary N) is 2. The minimum Gasteiger partial charge on any atom is -0.320 e. The van der Waals surface area contributed by atoms with Crippen LogP contribution in [0.5, 0.6) is 0 Å².